The molecule has 1 radical (unpaired) electrons. The van der Waals surface area contributed by atoms with Crippen LogP contribution in [-0.4, -0.2) is 14.5 Å². The molecule has 0 aliphatic heterocycles. The van der Waals surface area contributed by atoms with Crippen LogP contribution in [0.2, 0.25) is 0 Å². The smallest absolute Gasteiger partial charge is 0.146 e. The quantitative estimate of drug-likeness (QED) is 0.165. The van der Waals surface area contributed by atoms with Crippen LogP contribution < -0.4 is 0 Å². The second-order valence-electron chi connectivity index (χ2n) is 20.6. The number of hydrogen-bond donors (Lipinski definition) is 0. The molecule has 0 aliphatic rings. The number of furan rings is 1. The van der Waals surface area contributed by atoms with E-state index in [1.54, 1.807) is 6.20 Å². The van der Waals surface area contributed by atoms with Crippen LogP contribution in [0.1, 0.15) is 111 Å². The van der Waals surface area contributed by atoms with Gasteiger partial charge in [0.1, 0.15) is 17.3 Å². The number of nitrogens with zero attached hydrogens (tertiary/aromatic N) is 4. The van der Waals surface area contributed by atoms with Crippen LogP contribution in [-0.2, 0) is 41.8 Å². The average molecular weight is 1010 g/mol. The summed E-state index contributed by atoms with van der Waals surface area (Å²) in [7, 11) is 0. The summed E-state index contributed by atoms with van der Waals surface area (Å²) in [5.41, 5.74) is 13.9. The van der Waals surface area contributed by atoms with Gasteiger partial charge in [-0.05, 0) is 86.1 Å². The van der Waals surface area contributed by atoms with E-state index in [1.165, 1.54) is 33.0 Å². The normalized spacial score (nSPS) is 12.3. The number of nitriles is 1. The maximum atomic E-state index is 10.4. The summed E-state index contributed by atoms with van der Waals surface area (Å²) in [5, 5.41) is 14.7. The standard InChI is InChI=1S/C38H32N3O.C19H24N.Ir/c1-37(2,3)24-14-17-32-29(20-24)30-21-25(38(4,5)6)15-18-33(30)41(32)34-23(22-39)13-16-27-26-10-9-11-28(35(26)42-36(27)34)31-12-7-8-19-40-31;1-18(2,3)15-9-7-14(8-10-15)17-12-11-16(13-20-17)19(4,5)6;/h7-10,12-21H,1-6H3;7,9-13H,1-6H3;/q2*-1;. The second kappa shape index (κ2) is 16.7. The van der Waals surface area contributed by atoms with Gasteiger partial charge in [0.25, 0.3) is 0 Å². The zero-order valence-electron chi connectivity index (χ0n) is 38.6. The van der Waals surface area contributed by atoms with E-state index in [4.69, 9.17) is 4.42 Å². The fraction of sp³-hybridized carbons (Fsp3) is 0.281. The van der Waals surface area contributed by atoms with Gasteiger partial charge in [-0.1, -0.05) is 136 Å². The average Bonchev–Trinajstić information content (AvgIpc) is 3.78. The van der Waals surface area contributed by atoms with Crippen molar-refractivity contribution < 1.29 is 24.5 Å². The Balaban J connectivity index is 0.000000239. The molecule has 0 saturated heterocycles. The van der Waals surface area contributed by atoms with Crippen LogP contribution in [0.5, 0.6) is 0 Å². The van der Waals surface area contributed by atoms with Gasteiger partial charge in [-0.15, -0.1) is 53.6 Å². The van der Waals surface area contributed by atoms with Gasteiger partial charge in [0.05, 0.1) is 22.2 Å². The SMILES string of the molecule is CC(C)(C)c1c[c-]c(-c2ccc(C(C)(C)C)cn2)cc1.CC(C)(C)c1ccc2c(c1)c1cc(C(C)(C)C)ccc1n2-c1c(C#N)ccc2c1oc1c(-c3ccccn3)[c-]ccc12.[Ir]. The van der Waals surface area contributed by atoms with Crippen LogP contribution >= 0.6 is 0 Å². The molecule has 0 atom stereocenters. The zero-order valence-corrected chi connectivity index (χ0v) is 41.0. The Bertz CT molecular complexity index is 3010. The molecule has 0 amide bonds. The van der Waals surface area contributed by atoms with E-state index in [-0.39, 0.29) is 41.8 Å². The first-order chi connectivity index (χ1) is 29.2. The van der Waals surface area contributed by atoms with Crippen molar-refractivity contribution in [3.8, 4) is 34.3 Å². The van der Waals surface area contributed by atoms with Crippen molar-refractivity contribution in [2.75, 3.05) is 0 Å². The first-order valence-corrected chi connectivity index (χ1v) is 21.5. The number of fused-ring (bicyclic) bond motifs is 6. The van der Waals surface area contributed by atoms with E-state index in [9.17, 15) is 5.26 Å². The molecule has 0 spiro atoms. The molecule has 9 rings (SSSR count). The fourth-order valence-corrected chi connectivity index (χ4v) is 8.05. The molecule has 0 bridgehead atoms. The van der Waals surface area contributed by atoms with E-state index in [0.717, 1.165) is 50.0 Å². The Kier molecular flexibility index (Phi) is 12.0. The Labute approximate surface area is 386 Å². The Morgan fingerprint density at radius 3 is 1.65 bits per heavy atom. The molecule has 0 N–H and O–H groups in total. The second-order valence-corrected chi connectivity index (χ2v) is 20.6. The molecule has 6 heteroatoms. The topological polar surface area (TPSA) is 67.6 Å². The first kappa shape index (κ1) is 45.2. The third-order valence-corrected chi connectivity index (χ3v) is 11.9. The van der Waals surface area contributed by atoms with Crippen LogP contribution in [0.3, 0.4) is 0 Å². The van der Waals surface area contributed by atoms with E-state index < -0.39 is 0 Å². The van der Waals surface area contributed by atoms with Gasteiger partial charge < -0.3 is 19.0 Å². The Morgan fingerprint density at radius 2 is 1.14 bits per heavy atom. The van der Waals surface area contributed by atoms with Crippen molar-refractivity contribution in [1.82, 2.24) is 14.5 Å². The number of pyridine rings is 2. The minimum Gasteiger partial charge on any atom is -0.498 e. The van der Waals surface area contributed by atoms with Gasteiger partial charge in [0.2, 0.25) is 0 Å². The van der Waals surface area contributed by atoms with E-state index in [1.807, 2.05) is 48.7 Å². The summed E-state index contributed by atoms with van der Waals surface area (Å²) in [4.78, 5) is 9.14. The summed E-state index contributed by atoms with van der Waals surface area (Å²) in [6.07, 6.45) is 3.75. The summed E-state index contributed by atoms with van der Waals surface area (Å²) in [6.45, 7) is 26.7. The minimum absolute atomic E-state index is 0. The number of aromatic nitrogens is 3. The van der Waals surface area contributed by atoms with Gasteiger partial charge in [-0.2, -0.15) is 5.26 Å². The van der Waals surface area contributed by atoms with E-state index >= 15 is 0 Å². The van der Waals surface area contributed by atoms with Crippen LogP contribution in [0, 0.1) is 23.5 Å². The summed E-state index contributed by atoms with van der Waals surface area (Å²) < 4.78 is 8.97. The molecule has 5 aromatic carbocycles. The summed E-state index contributed by atoms with van der Waals surface area (Å²) >= 11 is 0. The van der Waals surface area contributed by atoms with Crippen LogP contribution in [0.25, 0.3) is 71.9 Å². The van der Waals surface area contributed by atoms with Crippen molar-refractivity contribution in [2.45, 2.75) is 105 Å². The largest absolute Gasteiger partial charge is 0.498 e. The third kappa shape index (κ3) is 8.75. The first-order valence-electron chi connectivity index (χ1n) is 21.5. The van der Waals surface area contributed by atoms with E-state index in [0.29, 0.717) is 16.7 Å². The molecule has 9 aromatic rings. The van der Waals surface area contributed by atoms with Crippen molar-refractivity contribution in [3.05, 3.63) is 162 Å². The molecular formula is C57H56IrN4O-2. The van der Waals surface area contributed by atoms with Crippen LogP contribution in [0.15, 0.2) is 126 Å². The number of hydrogen-bond acceptors (Lipinski definition) is 4. The Morgan fingerprint density at radius 1 is 0.556 bits per heavy atom. The summed E-state index contributed by atoms with van der Waals surface area (Å²) in [6, 6.07) is 46.9. The molecule has 0 fully saturated rings. The zero-order chi connectivity index (χ0) is 44.4. The number of benzene rings is 5. The van der Waals surface area contributed by atoms with Crippen molar-refractivity contribution >= 4 is 43.7 Å². The minimum atomic E-state index is -0.000804. The van der Waals surface area contributed by atoms with Crippen molar-refractivity contribution in [2.24, 2.45) is 0 Å². The molecule has 321 valence electrons. The van der Waals surface area contributed by atoms with Crippen molar-refractivity contribution in [1.29, 1.82) is 5.26 Å². The van der Waals surface area contributed by atoms with Gasteiger partial charge in [0, 0.05) is 48.7 Å². The molecular weight excluding hydrogens is 949 g/mol. The van der Waals surface area contributed by atoms with E-state index in [2.05, 4.69) is 183 Å². The monoisotopic (exact) mass is 1010 g/mol. The molecule has 0 aliphatic carbocycles. The van der Waals surface area contributed by atoms with Crippen LogP contribution in [0.4, 0.5) is 0 Å². The Hall–Kier alpha value is -5.86. The molecule has 0 saturated carbocycles. The summed E-state index contributed by atoms with van der Waals surface area (Å²) in [5.74, 6) is 0. The van der Waals surface area contributed by atoms with Gasteiger partial charge in [-0.25, -0.2) is 0 Å². The maximum absolute atomic E-state index is 10.4. The van der Waals surface area contributed by atoms with Gasteiger partial charge >= 0.3 is 0 Å². The fourth-order valence-electron chi connectivity index (χ4n) is 8.05. The molecule has 4 heterocycles. The van der Waals surface area contributed by atoms with Gasteiger partial charge in [0.15, 0.2) is 0 Å². The number of rotatable bonds is 3. The molecule has 63 heavy (non-hydrogen) atoms. The maximum Gasteiger partial charge on any atom is 0.146 e. The van der Waals surface area contributed by atoms with Gasteiger partial charge in [-0.3, -0.25) is 0 Å². The molecule has 0 unspecified atom stereocenters. The predicted octanol–water partition coefficient (Wildman–Crippen LogP) is 15.2. The van der Waals surface area contributed by atoms with Crippen molar-refractivity contribution in [3.63, 3.8) is 0 Å². The predicted molar refractivity (Wildman–Crippen MR) is 258 cm³/mol. The molecule has 4 aromatic heterocycles. The third-order valence-electron chi connectivity index (χ3n) is 11.9. The molecule has 5 nitrogen and oxygen atoms in total.